The van der Waals surface area contributed by atoms with Crippen LogP contribution in [-0.4, -0.2) is 36.6 Å². The lowest BCUT2D eigenvalue weighted by molar-refractivity contribution is 0.0935. The average Bonchev–Trinajstić information content (AvgIpc) is 2.74. The molecule has 1 aliphatic carbocycles. The van der Waals surface area contributed by atoms with Gasteiger partial charge in [-0.2, -0.15) is 0 Å². The third kappa shape index (κ3) is 2.43. The quantitative estimate of drug-likeness (QED) is 0.793. The van der Waals surface area contributed by atoms with E-state index >= 15 is 0 Å². The first-order valence-electron chi connectivity index (χ1n) is 7.19. The second-order valence-corrected chi connectivity index (χ2v) is 5.78. The van der Waals surface area contributed by atoms with Gasteiger partial charge >= 0.3 is 0 Å². The Hall–Kier alpha value is -0.0800. The van der Waals surface area contributed by atoms with Crippen molar-refractivity contribution in [2.45, 2.75) is 70.5 Å². The van der Waals surface area contributed by atoms with Crippen molar-refractivity contribution in [2.75, 3.05) is 13.6 Å². The fourth-order valence-corrected chi connectivity index (χ4v) is 3.75. The first-order chi connectivity index (χ1) is 7.76. The Morgan fingerprint density at radius 1 is 1.25 bits per heavy atom. The van der Waals surface area contributed by atoms with Crippen LogP contribution in [0.4, 0.5) is 0 Å². The molecule has 2 rings (SSSR count). The molecule has 1 saturated carbocycles. The monoisotopic (exact) mass is 224 g/mol. The van der Waals surface area contributed by atoms with Gasteiger partial charge in [-0.15, -0.1) is 0 Å². The summed E-state index contributed by atoms with van der Waals surface area (Å²) >= 11 is 0. The minimum absolute atomic E-state index is 0.739. The molecular formula is C14H28N2. The van der Waals surface area contributed by atoms with Crippen molar-refractivity contribution in [2.24, 2.45) is 5.92 Å². The molecule has 0 amide bonds. The van der Waals surface area contributed by atoms with Gasteiger partial charge in [-0.05, 0) is 58.5 Å². The van der Waals surface area contributed by atoms with Crippen LogP contribution in [0.5, 0.6) is 0 Å². The lowest BCUT2D eigenvalue weighted by atomic mass is 9.80. The molecule has 4 atom stereocenters. The molecule has 94 valence electrons. The minimum atomic E-state index is 0.739. The van der Waals surface area contributed by atoms with Gasteiger partial charge in [-0.3, -0.25) is 4.90 Å². The van der Waals surface area contributed by atoms with Crippen LogP contribution in [-0.2, 0) is 0 Å². The maximum atomic E-state index is 3.55. The Balaban J connectivity index is 2.02. The van der Waals surface area contributed by atoms with Gasteiger partial charge < -0.3 is 5.32 Å². The van der Waals surface area contributed by atoms with Crippen molar-refractivity contribution in [1.82, 2.24) is 10.2 Å². The van der Waals surface area contributed by atoms with Gasteiger partial charge in [0.2, 0.25) is 0 Å². The highest BCUT2D eigenvalue weighted by atomic mass is 15.2. The third-order valence-corrected chi connectivity index (χ3v) is 4.90. The Bertz CT molecular complexity index is 217. The SMILES string of the molecule is CCC1CCC(NC)C(N2CCCC2C)C1. The maximum Gasteiger partial charge on any atom is 0.0254 e. The molecule has 0 aromatic heterocycles. The van der Waals surface area contributed by atoms with Crippen LogP contribution in [0.3, 0.4) is 0 Å². The van der Waals surface area contributed by atoms with Crippen molar-refractivity contribution < 1.29 is 0 Å². The number of likely N-dealkylation sites (tertiary alicyclic amines) is 1. The normalized spacial score (nSPS) is 41.4. The van der Waals surface area contributed by atoms with Gasteiger partial charge in [0.05, 0.1) is 0 Å². The van der Waals surface area contributed by atoms with E-state index in [0.717, 1.165) is 24.0 Å². The average molecular weight is 224 g/mol. The zero-order valence-electron chi connectivity index (χ0n) is 11.2. The molecule has 0 spiro atoms. The number of likely N-dealkylation sites (N-methyl/N-ethyl adjacent to an activating group) is 1. The number of hydrogen-bond acceptors (Lipinski definition) is 2. The second-order valence-electron chi connectivity index (χ2n) is 5.78. The van der Waals surface area contributed by atoms with Crippen molar-refractivity contribution in [3.05, 3.63) is 0 Å². The number of rotatable bonds is 3. The highest BCUT2D eigenvalue weighted by Crippen LogP contribution is 2.33. The first kappa shape index (κ1) is 12.4. The summed E-state index contributed by atoms with van der Waals surface area (Å²) in [6.45, 7) is 6.10. The summed E-state index contributed by atoms with van der Waals surface area (Å²) in [6, 6.07) is 2.36. The summed E-state index contributed by atoms with van der Waals surface area (Å²) in [5.41, 5.74) is 0. The standard InChI is InChI=1S/C14H28N2/c1-4-12-7-8-13(15-3)14(10-12)16-9-5-6-11(16)2/h11-15H,4-10H2,1-3H3. The molecule has 0 aromatic carbocycles. The number of hydrogen-bond donors (Lipinski definition) is 1. The topological polar surface area (TPSA) is 15.3 Å². The molecule has 1 aliphatic heterocycles. The van der Waals surface area contributed by atoms with Crippen molar-refractivity contribution in [3.63, 3.8) is 0 Å². The van der Waals surface area contributed by atoms with E-state index in [1.165, 1.54) is 45.1 Å². The van der Waals surface area contributed by atoms with Gasteiger partial charge in [0, 0.05) is 18.1 Å². The van der Waals surface area contributed by atoms with Gasteiger partial charge in [0.1, 0.15) is 0 Å². The first-order valence-corrected chi connectivity index (χ1v) is 7.19. The second kappa shape index (κ2) is 5.50. The van der Waals surface area contributed by atoms with Crippen molar-refractivity contribution in [3.8, 4) is 0 Å². The van der Waals surface area contributed by atoms with Crippen LogP contribution >= 0.6 is 0 Å². The zero-order chi connectivity index (χ0) is 11.5. The van der Waals surface area contributed by atoms with E-state index in [0.29, 0.717) is 0 Å². The van der Waals surface area contributed by atoms with E-state index in [-0.39, 0.29) is 0 Å². The molecular weight excluding hydrogens is 196 g/mol. The molecule has 2 nitrogen and oxygen atoms in total. The van der Waals surface area contributed by atoms with Crippen LogP contribution in [0.1, 0.15) is 52.4 Å². The van der Waals surface area contributed by atoms with Gasteiger partial charge in [0.15, 0.2) is 0 Å². The van der Waals surface area contributed by atoms with E-state index in [2.05, 4.69) is 31.1 Å². The van der Waals surface area contributed by atoms with E-state index < -0.39 is 0 Å². The molecule has 2 heteroatoms. The summed E-state index contributed by atoms with van der Waals surface area (Å²) in [6.07, 6.45) is 8.42. The van der Waals surface area contributed by atoms with Crippen molar-refractivity contribution in [1.29, 1.82) is 0 Å². The smallest absolute Gasteiger partial charge is 0.0254 e. The van der Waals surface area contributed by atoms with Crippen LogP contribution < -0.4 is 5.32 Å². The number of nitrogens with zero attached hydrogens (tertiary/aromatic N) is 1. The van der Waals surface area contributed by atoms with Crippen molar-refractivity contribution >= 4 is 0 Å². The summed E-state index contributed by atoms with van der Waals surface area (Å²) in [5.74, 6) is 0.974. The van der Waals surface area contributed by atoms with E-state index in [1.807, 2.05) is 0 Å². The summed E-state index contributed by atoms with van der Waals surface area (Å²) < 4.78 is 0. The lowest BCUT2D eigenvalue weighted by Gasteiger charge is -2.43. The molecule has 2 aliphatic rings. The third-order valence-electron chi connectivity index (χ3n) is 4.90. The summed E-state index contributed by atoms with van der Waals surface area (Å²) in [7, 11) is 2.14. The van der Waals surface area contributed by atoms with Gasteiger partial charge in [-0.1, -0.05) is 13.3 Å². The van der Waals surface area contributed by atoms with Crippen LogP contribution in [0.2, 0.25) is 0 Å². The Labute approximate surface area is 101 Å². The summed E-state index contributed by atoms with van der Waals surface area (Å²) in [5, 5.41) is 3.55. The molecule has 1 N–H and O–H groups in total. The van der Waals surface area contributed by atoms with Crippen LogP contribution in [0.15, 0.2) is 0 Å². The molecule has 4 unspecified atom stereocenters. The fraction of sp³-hybridized carbons (Fsp3) is 1.00. The van der Waals surface area contributed by atoms with E-state index in [9.17, 15) is 0 Å². The summed E-state index contributed by atoms with van der Waals surface area (Å²) in [4.78, 5) is 2.78. The van der Waals surface area contributed by atoms with Crippen LogP contribution in [0, 0.1) is 5.92 Å². The zero-order valence-corrected chi connectivity index (χ0v) is 11.2. The Morgan fingerprint density at radius 2 is 2.06 bits per heavy atom. The molecule has 1 heterocycles. The fourth-order valence-electron chi connectivity index (χ4n) is 3.75. The molecule has 0 aromatic rings. The highest BCUT2D eigenvalue weighted by Gasteiger charge is 2.36. The largest absolute Gasteiger partial charge is 0.315 e. The maximum absolute atomic E-state index is 3.55. The van der Waals surface area contributed by atoms with Gasteiger partial charge in [-0.25, -0.2) is 0 Å². The molecule has 0 bridgehead atoms. The Morgan fingerprint density at radius 3 is 2.62 bits per heavy atom. The molecule has 0 radical (unpaired) electrons. The minimum Gasteiger partial charge on any atom is -0.315 e. The molecule has 16 heavy (non-hydrogen) atoms. The molecule has 2 fully saturated rings. The predicted octanol–water partition coefficient (Wildman–Crippen LogP) is 2.64. The highest BCUT2D eigenvalue weighted by molar-refractivity contribution is 4.93. The lowest BCUT2D eigenvalue weighted by Crippen LogP contribution is -2.53. The van der Waals surface area contributed by atoms with Crippen LogP contribution in [0.25, 0.3) is 0 Å². The Kier molecular flexibility index (Phi) is 4.26. The van der Waals surface area contributed by atoms with E-state index in [4.69, 9.17) is 0 Å². The van der Waals surface area contributed by atoms with Gasteiger partial charge in [0.25, 0.3) is 0 Å². The molecule has 1 saturated heterocycles. The number of nitrogens with one attached hydrogen (secondary N) is 1. The predicted molar refractivity (Wildman–Crippen MR) is 69.7 cm³/mol. The van der Waals surface area contributed by atoms with E-state index in [1.54, 1.807) is 0 Å².